The number of carbonyl (C=O) groups excluding carboxylic acids is 1. The predicted molar refractivity (Wildman–Crippen MR) is 113 cm³/mol. The minimum absolute atomic E-state index is 0.117. The van der Waals surface area contributed by atoms with Crippen LogP contribution in [0.2, 0.25) is 0 Å². The van der Waals surface area contributed by atoms with E-state index >= 15 is 0 Å². The van der Waals surface area contributed by atoms with E-state index in [0.29, 0.717) is 17.6 Å². The van der Waals surface area contributed by atoms with Gasteiger partial charge in [-0.3, -0.25) is 19.2 Å². The Morgan fingerprint density at radius 2 is 1.93 bits per heavy atom. The van der Waals surface area contributed by atoms with Gasteiger partial charge in [0.15, 0.2) is 0 Å². The van der Waals surface area contributed by atoms with Crippen molar-refractivity contribution in [2.75, 3.05) is 37.6 Å². The molecule has 152 valence electrons. The molecule has 1 aliphatic rings. The number of benzene rings is 1. The number of hydrogen-bond acceptors (Lipinski definition) is 5. The minimum Gasteiger partial charge on any atom is -0.369 e. The van der Waals surface area contributed by atoms with E-state index in [1.807, 2.05) is 6.07 Å². The second-order valence-electron chi connectivity index (χ2n) is 7.48. The Balaban J connectivity index is 1.33. The fourth-order valence-corrected chi connectivity index (χ4v) is 3.82. The number of hydrogen-bond donors (Lipinski definition) is 2. The highest BCUT2D eigenvalue weighted by Gasteiger charge is 2.22. The van der Waals surface area contributed by atoms with Crippen molar-refractivity contribution < 1.29 is 4.79 Å². The number of pyridine rings is 1. The predicted octanol–water partition coefficient (Wildman–Crippen LogP) is 1.20. The largest absolute Gasteiger partial charge is 0.369 e. The summed E-state index contributed by atoms with van der Waals surface area (Å²) >= 11 is 0. The van der Waals surface area contributed by atoms with E-state index in [9.17, 15) is 9.59 Å². The van der Waals surface area contributed by atoms with Crippen LogP contribution in [0.4, 0.5) is 5.69 Å². The molecule has 29 heavy (non-hydrogen) atoms. The van der Waals surface area contributed by atoms with Crippen molar-refractivity contribution in [3.8, 4) is 0 Å². The van der Waals surface area contributed by atoms with Crippen LogP contribution in [0, 0.1) is 0 Å². The molecule has 4 rings (SSSR count). The van der Waals surface area contributed by atoms with E-state index in [1.54, 1.807) is 11.7 Å². The number of aromatic nitrogens is 3. The first-order valence-electron chi connectivity index (χ1n) is 9.90. The van der Waals surface area contributed by atoms with E-state index < -0.39 is 0 Å². The molecule has 2 N–H and O–H groups in total. The number of nitrogens with one attached hydrogen (secondary N) is 2. The summed E-state index contributed by atoms with van der Waals surface area (Å²) in [6.45, 7) is 6.39. The summed E-state index contributed by atoms with van der Waals surface area (Å²) < 4.78 is 1.58. The molecule has 1 amide bonds. The van der Waals surface area contributed by atoms with Crippen molar-refractivity contribution in [3.63, 3.8) is 0 Å². The summed E-state index contributed by atoms with van der Waals surface area (Å²) in [7, 11) is 1.75. The Bertz CT molecular complexity index is 1050. The second-order valence-corrected chi connectivity index (χ2v) is 7.48. The number of amides is 1. The van der Waals surface area contributed by atoms with Crippen molar-refractivity contribution in [1.82, 2.24) is 25.0 Å². The van der Waals surface area contributed by atoms with Gasteiger partial charge in [-0.05, 0) is 19.1 Å². The molecule has 1 aromatic carbocycles. The first-order chi connectivity index (χ1) is 14.0. The van der Waals surface area contributed by atoms with Crippen LogP contribution < -0.4 is 15.6 Å². The van der Waals surface area contributed by atoms with Gasteiger partial charge >= 0.3 is 0 Å². The maximum absolute atomic E-state index is 12.6. The first kappa shape index (κ1) is 19.2. The van der Waals surface area contributed by atoms with Crippen molar-refractivity contribution in [2.45, 2.75) is 13.0 Å². The summed E-state index contributed by atoms with van der Waals surface area (Å²) in [4.78, 5) is 32.8. The Morgan fingerprint density at radius 1 is 1.21 bits per heavy atom. The van der Waals surface area contributed by atoms with Gasteiger partial charge in [0.1, 0.15) is 11.2 Å². The topological polar surface area (TPSA) is 86.3 Å². The number of carbonyl (C=O) groups is 1. The van der Waals surface area contributed by atoms with Gasteiger partial charge < -0.3 is 15.2 Å². The lowest BCUT2D eigenvalue weighted by Crippen LogP contribution is -2.52. The zero-order valence-electron chi connectivity index (χ0n) is 16.8. The first-order valence-corrected chi connectivity index (χ1v) is 9.90. The number of rotatable bonds is 5. The van der Waals surface area contributed by atoms with Crippen LogP contribution in [0.25, 0.3) is 11.0 Å². The molecule has 3 heterocycles. The van der Waals surface area contributed by atoms with Crippen LogP contribution >= 0.6 is 0 Å². The Hall–Kier alpha value is -3.13. The molecule has 0 radical (unpaired) electrons. The van der Waals surface area contributed by atoms with Crippen LogP contribution in [0.15, 0.2) is 47.5 Å². The van der Waals surface area contributed by atoms with Gasteiger partial charge in [0.25, 0.3) is 5.91 Å². The molecule has 1 unspecified atom stereocenters. The quantitative estimate of drug-likeness (QED) is 0.679. The molecule has 1 aliphatic heterocycles. The van der Waals surface area contributed by atoms with Gasteiger partial charge in [0.2, 0.25) is 5.43 Å². The van der Waals surface area contributed by atoms with E-state index in [1.165, 1.54) is 18.1 Å². The maximum Gasteiger partial charge on any atom is 0.256 e. The number of aryl methyl sites for hydroxylation is 1. The fraction of sp³-hybridized carbons (Fsp3) is 0.381. The molecule has 8 nitrogen and oxygen atoms in total. The monoisotopic (exact) mass is 394 g/mol. The minimum atomic E-state index is -0.355. The van der Waals surface area contributed by atoms with Gasteiger partial charge in [-0.25, -0.2) is 0 Å². The van der Waals surface area contributed by atoms with Gasteiger partial charge in [0.05, 0.1) is 11.6 Å². The molecule has 0 aliphatic carbocycles. The molecule has 0 saturated carbocycles. The summed E-state index contributed by atoms with van der Waals surface area (Å²) in [6, 6.07) is 10.6. The number of anilines is 1. The average Bonchev–Trinajstić information content (AvgIpc) is 3.14. The van der Waals surface area contributed by atoms with Crippen molar-refractivity contribution in [1.29, 1.82) is 0 Å². The van der Waals surface area contributed by atoms with Crippen molar-refractivity contribution >= 4 is 22.6 Å². The van der Waals surface area contributed by atoms with Crippen LogP contribution in [-0.4, -0.2) is 64.3 Å². The highest BCUT2D eigenvalue weighted by atomic mass is 16.2. The molecular weight excluding hydrogens is 368 g/mol. The van der Waals surface area contributed by atoms with Crippen LogP contribution in [0.5, 0.6) is 0 Å². The summed E-state index contributed by atoms with van der Waals surface area (Å²) in [5, 5.41) is 7.39. The fourth-order valence-electron chi connectivity index (χ4n) is 3.82. The molecule has 8 heteroatoms. The Labute approximate surface area is 169 Å². The van der Waals surface area contributed by atoms with Crippen molar-refractivity contribution in [2.24, 2.45) is 7.05 Å². The van der Waals surface area contributed by atoms with Crippen LogP contribution in [0.3, 0.4) is 0 Å². The lowest BCUT2D eigenvalue weighted by Gasteiger charge is -2.39. The Kier molecular flexibility index (Phi) is 5.35. The number of nitrogens with zero attached hydrogens (tertiary/aromatic N) is 4. The third kappa shape index (κ3) is 3.88. The number of aromatic amines is 1. The van der Waals surface area contributed by atoms with E-state index in [-0.39, 0.29) is 22.9 Å². The highest BCUT2D eigenvalue weighted by Crippen LogP contribution is 2.16. The van der Waals surface area contributed by atoms with E-state index in [4.69, 9.17) is 0 Å². The lowest BCUT2D eigenvalue weighted by molar-refractivity contribution is 0.0933. The standard InChI is InChI=1S/C21H26N6O2/c1-15(26-8-10-27(11-9-26)16-6-4-3-5-7-16)12-23-21(29)18-13-22-20-17(19(18)28)14-24-25(20)2/h3-7,13-15H,8-12H2,1-2H3,(H,22,28)(H,23,29). The number of para-hydroxylation sites is 1. The average molecular weight is 394 g/mol. The van der Waals surface area contributed by atoms with Gasteiger partial charge in [0, 0.05) is 57.7 Å². The summed E-state index contributed by atoms with van der Waals surface area (Å²) in [6.07, 6.45) is 2.95. The number of H-pyrrole nitrogens is 1. The second kappa shape index (κ2) is 8.08. The lowest BCUT2D eigenvalue weighted by atomic mass is 10.2. The zero-order chi connectivity index (χ0) is 20.4. The van der Waals surface area contributed by atoms with Crippen molar-refractivity contribution in [3.05, 3.63) is 58.5 Å². The molecular formula is C21H26N6O2. The molecule has 0 bridgehead atoms. The van der Waals surface area contributed by atoms with Gasteiger partial charge in [-0.2, -0.15) is 5.10 Å². The van der Waals surface area contributed by atoms with E-state index in [0.717, 1.165) is 26.2 Å². The SMILES string of the molecule is CC(CNC(=O)c1c[nH]c2c(cnn2C)c1=O)N1CCN(c2ccccc2)CC1. The molecule has 3 aromatic rings. The van der Waals surface area contributed by atoms with E-state index in [2.05, 4.69) is 56.4 Å². The number of fused-ring (bicyclic) bond motifs is 1. The molecule has 1 saturated heterocycles. The number of piperazine rings is 1. The third-order valence-corrected chi connectivity index (χ3v) is 5.64. The molecule has 1 fully saturated rings. The third-order valence-electron chi connectivity index (χ3n) is 5.64. The zero-order valence-corrected chi connectivity index (χ0v) is 16.8. The molecule has 2 aromatic heterocycles. The van der Waals surface area contributed by atoms with Crippen LogP contribution in [-0.2, 0) is 7.05 Å². The smallest absolute Gasteiger partial charge is 0.256 e. The summed E-state index contributed by atoms with van der Waals surface area (Å²) in [5.74, 6) is -0.355. The van der Waals surface area contributed by atoms with Crippen LogP contribution in [0.1, 0.15) is 17.3 Å². The highest BCUT2D eigenvalue weighted by molar-refractivity contribution is 5.96. The molecule has 0 spiro atoms. The summed E-state index contributed by atoms with van der Waals surface area (Å²) in [5.41, 5.74) is 1.68. The molecule has 1 atom stereocenters. The normalized spacial score (nSPS) is 16.1. The van der Waals surface area contributed by atoms with Gasteiger partial charge in [-0.1, -0.05) is 18.2 Å². The Morgan fingerprint density at radius 3 is 2.66 bits per heavy atom. The maximum atomic E-state index is 12.6. The van der Waals surface area contributed by atoms with Gasteiger partial charge in [-0.15, -0.1) is 0 Å².